The summed E-state index contributed by atoms with van der Waals surface area (Å²) in [5.74, 6) is 0.418. The zero-order valence-corrected chi connectivity index (χ0v) is 15.0. The number of hydrogen-bond acceptors (Lipinski definition) is 4. The lowest BCUT2D eigenvalue weighted by atomic mass is 10.2. The lowest BCUT2D eigenvalue weighted by molar-refractivity contribution is 0.0780. The highest BCUT2D eigenvalue weighted by atomic mass is 32.1. The molecule has 7 heteroatoms. The van der Waals surface area contributed by atoms with E-state index in [9.17, 15) is 9.59 Å². The second kappa shape index (κ2) is 6.24. The van der Waals surface area contributed by atoms with E-state index in [1.54, 1.807) is 11.9 Å². The molecule has 0 spiro atoms. The number of aryl methyl sites for hydroxylation is 1. The second-order valence-corrected chi connectivity index (χ2v) is 6.75. The van der Waals surface area contributed by atoms with Crippen molar-refractivity contribution >= 4 is 27.5 Å². The van der Waals surface area contributed by atoms with Crippen molar-refractivity contribution in [1.82, 2.24) is 19.4 Å². The molecule has 0 unspecified atom stereocenters. The predicted molar refractivity (Wildman–Crippen MR) is 95.6 cm³/mol. The van der Waals surface area contributed by atoms with Crippen molar-refractivity contribution in [3.63, 3.8) is 0 Å². The van der Waals surface area contributed by atoms with E-state index in [1.807, 2.05) is 31.4 Å². The molecule has 24 heavy (non-hydrogen) atoms. The third kappa shape index (κ3) is 2.75. The van der Waals surface area contributed by atoms with Crippen LogP contribution < -0.4 is 5.56 Å². The van der Waals surface area contributed by atoms with Crippen LogP contribution in [0.4, 0.5) is 0 Å². The van der Waals surface area contributed by atoms with Gasteiger partial charge in [-0.1, -0.05) is 0 Å². The minimum absolute atomic E-state index is 0.0733. The van der Waals surface area contributed by atoms with Gasteiger partial charge >= 0.3 is 0 Å². The number of fused-ring (bicyclic) bond motifs is 1. The van der Waals surface area contributed by atoms with Crippen molar-refractivity contribution < 1.29 is 4.79 Å². The highest BCUT2D eigenvalue weighted by molar-refractivity contribution is 7.17. The summed E-state index contributed by atoms with van der Waals surface area (Å²) in [6.07, 6.45) is 0. The smallest absolute Gasteiger partial charge is 0.268 e. The molecular weight excluding hydrogens is 324 g/mol. The Hall–Kier alpha value is -2.41. The number of aromatic nitrogens is 3. The molecule has 1 amide bonds. The first-order valence-electron chi connectivity index (χ1n) is 7.81. The number of thiophene rings is 1. The standard InChI is InChI=1S/C17H20N4O2S/c1-5-21-10(2)8-12(11(21)3)17(23)20(4)9-14-18-13-6-7-24-15(13)16(22)19-14/h6-8H,5,9H2,1-4H3,(H,18,19,22). The Balaban J connectivity index is 1.87. The molecule has 1 N–H and O–H groups in total. The molecule has 126 valence electrons. The van der Waals surface area contributed by atoms with Crippen LogP contribution in [0, 0.1) is 13.8 Å². The summed E-state index contributed by atoms with van der Waals surface area (Å²) < 4.78 is 2.72. The van der Waals surface area contributed by atoms with Gasteiger partial charge in [-0.3, -0.25) is 9.59 Å². The Morgan fingerprint density at radius 2 is 2.17 bits per heavy atom. The normalized spacial score (nSPS) is 11.2. The van der Waals surface area contributed by atoms with Crippen molar-refractivity contribution in [2.24, 2.45) is 0 Å². The van der Waals surface area contributed by atoms with Gasteiger partial charge in [0.15, 0.2) is 0 Å². The molecule has 0 fully saturated rings. The van der Waals surface area contributed by atoms with Gasteiger partial charge in [0.05, 0.1) is 17.6 Å². The number of hydrogen-bond donors (Lipinski definition) is 1. The lowest BCUT2D eigenvalue weighted by Gasteiger charge is -2.16. The van der Waals surface area contributed by atoms with Gasteiger partial charge in [0.1, 0.15) is 10.5 Å². The van der Waals surface area contributed by atoms with Crippen LogP contribution in [0.3, 0.4) is 0 Å². The molecule has 0 aliphatic rings. The minimum atomic E-state index is -0.157. The topological polar surface area (TPSA) is 71.0 Å². The molecule has 0 atom stereocenters. The zero-order valence-electron chi connectivity index (χ0n) is 14.2. The number of carbonyl (C=O) groups excluding carboxylic acids is 1. The van der Waals surface area contributed by atoms with Crippen molar-refractivity contribution in [2.75, 3.05) is 7.05 Å². The van der Waals surface area contributed by atoms with Crippen molar-refractivity contribution in [3.05, 3.63) is 50.6 Å². The van der Waals surface area contributed by atoms with Crippen LogP contribution >= 0.6 is 11.3 Å². The predicted octanol–water partition coefficient (Wildman–Crippen LogP) is 2.70. The molecule has 3 aromatic rings. The minimum Gasteiger partial charge on any atom is -0.349 e. The number of amides is 1. The molecule has 3 rings (SSSR count). The molecule has 0 radical (unpaired) electrons. The number of nitrogens with one attached hydrogen (secondary N) is 1. The van der Waals surface area contributed by atoms with Gasteiger partial charge in [-0.25, -0.2) is 4.98 Å². The summed E-state index contributed by atoms with van der Waals surface area (Å²) in [4.78, 5) is 33.5. The Bertz CT molecular complexity index is 967. The van der Waals surface area contributed by atoms with Crippen LogP contribution in [0.15, 0.2) is 22.3 Å². The summed E-state index contributed by atoms with van der Waals surface area (Å²) in [7, 11) is 1.72. The van der Waals surface area contributed by atoms with Gasteiger partial charge in [0.25, 0.3) is 11.5 Å². The molecule has 0 saturated carbocycles. The summed E-state index contributed by atoms with van der Waals surface area (Å²) in [5, 5.41) is 1.84. The summed E-state index contributed by atoms with van der Waals surface area (Å²) in [6, 6.07) is 3.73. The fourth-order valence-electron chi connectivity index (χ4n) is 3.00. The van der Waals surface area contributed by atoms with E-state index >= 15 is 0 Å². The third-order valence-electron chi connectivity index (χ3n) is 4.22. The van der Waals surface area contributed by atoms with Crippen LogP contribution in [0.5, 0.6) is 0 Å². The lowest BCUT2D eigenvalue weighted by Crippen LogP contribution is -2.28. The van der Waals surface area contributed by atoms with E-state index < -0.39 is 0 Å². The quantitative estimate of drug-likeness (QED) is 0.791. The highest BCUT2D eigenvalue weighted by Gasteiger charge is 2.19. The van der Waals surface area contributed by atoms with E-state index in [0.29, 0.717) is 21.6 Å². The van der Waals surface area contributed by atoms with Gasteiger partial charge < -0.3 is 14.5 Å². The number of nitrogens with zero attached hydrogens (tertiary/aromatic N) is 3. The van der Waals surface area contributed by atoms with Crippen LogP contribution in [0.2, 0.25) is 0 Å². The van der Waals surface area contributed by atoms with Crippen LogP contribution in [0.25, 0.3) is 10.2 Å². The summed E-state index contributed by atoms with van der Waals surface area (Å²) in [5.41, 5.74) is 3.23. The molecule has 0 aliphatic carbocycles. The SMILES string of the molecule is CCn1c(C)cc(C(=O)N(C)Cc2nc3ccsc3c(=O)[nH]2)c1C. The number of carbonyl (C=O) groups is 1. The maximum Gasteiger partial charge on any atom is 0.268 e. The van der Waals surface area contributed by atoms with Gasteiger partial charge in [0, 0.05) is 25.0 Å². The Labute approximate surface area is 143 Å². The van der Waals surface area contributed by atoms with E-state index in [0.717, 1.165) is 17.9 Å². The molecule has 3 aromatic heterocycles. The molecule has 0 bridgehead atoms. The highest BCUT2D eigenvalue weighted by Crippen LogP contribution is 2.18. The van der Waals surface area contributed by atoms with E-state index in [-0.39, 0.29) is 18.0 Å². The van der Waals surface area contributed by atoms with Crippen LogP contribution in [0.1, 0.15) is 34.5 Å². The fourth-order valence-corrected chi connectivity index (χ4v) is 3.73. The number of aromatic amines is 1. The Morgan fingerprint density at radius 1 is 1.42 bits per heavy atom. The Kier molecular flexibility index (Phi) is 4.28. The van der Waals surface area contributed by atoms with Gasteiger partial charge in [-0.05, 0) is 38.3 Å². The number of H-pyrrole nitrogens is 1. The fraction of sp³-hybridized carbons (Fsp3) is 0.353. The molecule has 0 aliphatic heterocycles. The zero-order chi connectivity index (χ0) is 17.4. The average Bonchev–Trinajstić information content (AvgIpc) is 3.11. The first-order chi connectivity index (χ1) is 11.4. The summed E-state index contributed by atoms with van der Waals surface area (Å²) >= 11 is 1.36. The first kappa shape index (κ1) is 16.4. The maximum atomic E-state index is 12.7. The monoisotopic (exact) mass is 344 g/mol. The average molecular weight is 344 g/mol. The second-order valence-electron chi connectivity index (χ2n) is 5.84. The van der Waals surface area contributed by atoms with Gasteiger partial charge in [-0.15, -0.1) is 11.3 Å². The van der Waals surface area contributed by atoms with E-state index in [2.05, 4.69) is 21.5 Å². The first-order valence-corrected chi connectivity index (χ1v) is 8.69. The van der Waals surface area contributed by atoms with Crippen LogP contribution in [-0.4, -0.2) is 32.4 Å². The molecular formula is C17H20N4O2S. The van der Waals surface area contributed by atoms with Gasteiger partial charge in [0.2, 0.25) is 0 Å². The van der Waals surface area contributed by atoms with Gasteiger partial charge in [-0.2, -0.15) is 0 Å². The molecule has 6 nitrogen and oxygen atoms in total. The van der Waals surface area contributed by atoms with E-state index in [4.69, 9.17) is 0 Å². The third-order valence-corrected chi connectivity index (χ3v) is 5.12. The molecule has 0 saturated heterocycles. The largest absolute Gasteiger partial charge is 0.349 e. The van der Waals surface area contributed by atoms with E-state index in [1.165, 1.54) is 11.3 Å². The maximum absolute atomic E-state index is 12.7. The van der Waals surface area contributed by atoms with Crippen molar-refractivity contribution in [3.8, 4) is 0 Å². The van der Waals surface area contributed by atoms with Crippen molar-refractivity contribution in [1.29, 1.82) is 0 Å². The number of rotatable bonds is 4. The van der Waals surface area contributed by atoms with Crippen LogP contribution in [-0.2, 0) is 13.1 Å². The molecule has 3 heterocycles. The summed E-state index contributed by atoms with van der Waals surface area (Å²) in [6.45, 7) is 7.10. The molecule has 0 aromatic carbocycles. The van der Waals surface area contributed by atoms with Crippen molar-refractivity contribution in [2.45, 2.75) is 33.9 Å². The Morgan fingerprint density at radius 3 is 2.83 bits per heavy atom.